The highest BCUT2D eigenvalue weighted by Gasteiger charge is 2.29. The average molecular weight is 764 g/mol. The number of imidazole rings is 2. The molecule has 12 N–H and O–H groups in total. The van der Waals surface area contributed by atoms with Gasteiger partial charge >= 0.3 is 11.9 Å². The van der Waals surface area contributed by atoms with Gasteiger partial charge in [-0.1, -0.05) is 32.0 Å². The van der Waals surface area contributed by atoms with Crippen molar-refractivity contribution in [2.75, 3.05) is 19.6 Å². The van der Waals surface area contributed by atoms with Crippen molar-refractivity contribution in [2.45, 2.75) is 64.2 Å². The first-order valence-corrected chi connectivity index (χ1v) is 17.4. The zero-order valence-electron chi connectivity index (χ0n) is 30.4. The van der Waals surface area contributed by atoms with Crippen LogP contribution in [0.3, 0.4) is 0 Å². The molecule has 3 heterocycles. The number of aromatic amines is 3. The van der Waals surface area contributed by atoms with Crippen LogP contribution in [0.2, 0.25) is 0 Å². The molecule has 0 bridgehead atoms. The van der Waals surface area contributed by atoms with E-state index in [0.29, 0.717) is 6.42 Å². The van der Waals surface area contributed by atoms with E-state index in [9.17, 15) is 38.7 Å². The zero-order chi connectivity index (χ0) is 40.2. The van der Waals surface area contributed by atoms with Gasteiger partial charge in [0.1, 0.15) is 17.4 Å². The summed E-state index contributed by atoms with van der Waals surface area (Å²) in [6.07, 6.45) is 3.83. The second kappa shape index (κ2) is 19.1. The van der Waals surface area contributed by atoms with Gasteiger partial charge in [-0.15, -0.1) is 0 Å². The molecule has 20 heteroatoms. The number of nitrogens with two attached hydrogens (primary N) is 1. The Morgan fingerprint density at radius 1 is 0.782 bits per heavy atom. The van der Waals surface area contributed by atoms with Crippen LogP contribution < -0.4 is 32.3 Å². The summed E-state index contributed by atoms with van der Waals surface area (Å²) in [6.45, 7) is 5.61. The first kappa shape index (κ1) is 41.3. The van der Waals surface area contributed by atoms with Crippen molar-refractivity contribution < 1.29 is 43.8 Å². The summed E-state index contributed by atoms with van der Waals surface area (Å²) in [5.41, 5.74) is 6.40. The van der Waals surface area contributed by atoms with E-state index in [4.69, 9.17) is 10.8 Å². The van der Waals surface area contributed by atoms with Gasteiger partial charge in [0.25, 0.3) is 23.6 Å². The summed E-state index contributed by atoms with van der Waals surface area (Å²) < 4.78 is 0. The third-order valence-electron chi connectivity index (χ3n) is 8.44. The molecule has 294 valence electrons. The molecule has 0 aliphatic rings. The third-order valence-corrected chi connectivity index (χ3v) is 8.44. The van der Waals surface area contributed by atoms with Gasteiger partial charge in [0.2, 0.25) is 0 Å². The molecule has 3 aromatic heterocycles. The van der Waals surface area contributed by atoms with Gasteiger partial charge in [-0.25, -0.2) is 14.8 Å². The number of nitrogens with zero attached hydrogens (tertiary/aromatic N) is 2. The maximum Gasteiger partial charge on any atom is 0.326 e. The number of carboxylic acid groups (broad SMARTS) is 2. The van der Waals surface area contributed by atoms with E-state index in [2.05, 4.69) is 46.2 Å². The van der Waals surface area contributed by atoms with E-state index in [-0.39, 0.29) is 60.8 Å². The second-order valence-corrected chi connectivity index (χ2v) is 13.3. The maximum atomic E-state index is 13.7. The van der Waals surface area contributed by atoms with Crippen molar-refractivity contribution in [3.63, 3.8) is 0 Å². The highest BCUT2D eigenvalue weighted by molar-refractivity contribution is 6.07. The van der Waals surface area contributed by atoms with Gasteiger partial charge < -0.3 is 57.5 Å². The predicted octanol–water partition coefficient (Wildman–Crippen LogP) is -0.307. The minimum Gasteiger partial charge on any atom is -0.481 e. The molecular weight excluding hydrogens is 718 g/mol. The molecular formula is C35H45N11O9. The Morgan fingerprint density at radius 3 is 1.96 bits per heavy atom. The first-order valence-electron chi connectivity index (χ1n) is 17.4. The van der Waals surface area contributed by atoms with E-state index in [1.807, 2.05) is 43.4 Å². The summed E-state index contributed by atoms with van der Waals surface area (Å²) in [4.78, 5) is 105. The van der Waals surface area contributed by atoms with Crippen LogP contribution in [0, 0.1) is 5.92 Å². The number of fused-ring (bicyclic) bond motifs is 1. The standard InChI is InChI=1S/C35H45N11O9/c1-17(2)8-20(11-36)44-32(51)28-30(42-16-40-28)33(52)45-23(9-19-13-38-22-7-5-4-6-21(19)22)25(47)14-37-12-18(3)43-31(50)27-29(41-15-39-27)34(53)46-24(35(54)55)10-26(48)49/h4-7,13,15-18,20,23-24,37-38H,8-12,14,36H2,1-3H3,(H,39,41)(H,40,42)(H,43,50)(H,44,51)(H,45,52)(H,46,53)(H,48,49)(H,54,55)/t18-,20-,23-,24-/m0/s1. The van der Waals surface area contributed by atoms with Crippen LogP contribution in [0.5, 0.6) is 0 Å². The summed E-state index contributed by atoms with van der Waals surface area (Å²) in [5.74, 6) is -6.36. The SMILES string of the molecule is CC(C)C[C@@H](CN)NC(=O)c1nc[nH]c1C(=O)N[C@@H](Cc1c[nH]c2ccccc12)C(=O)CNC[C@H](C)NC(=O)c1nc[nH]c1C(=O)N[C@@H](CC(=O)O)C(=O)O. The number of carboxylic acids is 2. The molecule has 0 aliphatic carbocycles. The molecule has 4 atom stereocenters. The van der Waals surface area contributed by atoms with Crippen LogP contribution in [0.4, 0.5) is 0 Å². The minimum absolute atomic E-state index is 0.0560. The maximum absolute atomic E-state index is 13.7. The lowest BCUT2D eigenvalue weighted by atomic mass is 10.0. The summed E-state index contributed by atoms with van der Waals surface area (Å²) in [7, 11) is 0. The van der Waals surface area contributed by atoms with E-state index in [0.717, 1.165) is 22.8 Å². The smallest absolute Gasteiger partial charge is 0.326 e. The topological polar surface area (TPSA) is 319 Å². The normalized spacial score (nSPS) is 13.4. The Hall–Kier alpha value is -6.41. The summed E-state index contributed by atoms with van der Waals surface area (Å²) in [6, 6.07) is 3.67. The van der Waals surface area contributed by atoms with Crippen LogP contribution in [0.25, 0.3) is 10.9 Å². The summed E-state index contributed by atoms with van der Waals surface area (Å²) in [5, 5.41) is 32.2. The fraction of sp³-hybridized carbons (Fsp3) is 0.400. The molecule has 0 aliphatic heterocycles. The Bertz CT molecular complexity index is 2020. The number of amides is 4. The number of aliphatic carboxylic acids is 2. The Labute approximate surface area is 314 Å². The largest absolute Gasteiger partial charge is 0.481 e. The number of para-hydroxylation sites is 1. The fourth-order valence-corrected chi connectivity index (χ4v) is 5.80. The van der Waals surface area contributed by atoms with E-state index in [1.165, 1.54) is 6.33 Å². The third kappa shape index (κ3) is 11.3. The molecule has 0 radical (unpaired) electrons. The van der Waals surface area contributed by atoms with E-state index < -0.39 is 65.9 Å². The quantitative estimate of drug-likeness (QED) is 0.0520. The minimum atomic E-state index is -1.75. The lowest BCUT2D eigenvalue weighted by molar-refractivity contribution is -0.145. The zero-order valence-corrected chi connectivity index (χ0v) is 30.4. The van der Waals surface area contributed by atoms with Crippen molar-refractivity contribution >= 4 is 52.3 Å². The van der Waals surface area contributed by atoms with Gasteiger partial charge in [-0.3, -0.25) is 28.8 Å². The molecule has 55 heavy (non-hydrogen) atoms. The van der Waals surface area contributed by atoms with Crippen molar-refractivity contribution in [1.82, 2.24) is 51.5 Å². The molecule has 20 nitrogen and oxygen atoms in total. The van der Waals surface area contributed by atoms with Crippen LogP contribution in [0.1, 0.15) is 81.1 Å². The van der Waals surface area contributed by atoms with Crippen molar-refractivity contribution in [3.8, 4) is 0 Å². The van der Waals surface area contributed by atoms with Crippen molar-refractivity contribution in [2.24, 2.45) is 11.7 Å². The Morgan fingerprint density at radius 2 is 1.38 bits per heavy atom. The Kier molecular flexibility index (Phi) is 14.3. The van der Waals surface area contributed by atoms with Crippen LogP contribution >= 0.6 is 0 Å². The molecule has 0 saturated carbocycles. The molecule has 1 aromatic carbocycles. The highest BCUT2D eigenvalue weighted by atomic mass is 16.4. The number of benzene rings is 1. The average Bonchev–Trinajstić information content (AvgIpc) is 3.91. The molecule has 0 unspecified atom stereocenters. The van der Waals surface area contributed by atoms with Gasteiger partial charge in [-0.05, 0) is 30.9 Å². The lowest BCUT2D eigenvalue weighted by Crippen LogP contribution is -2.48. The number of H-pyrrole nitrogens is 3. The van der Waals surface area contributed by atoms with Gasteiger partial charge in [0.05, 0.1) is 31.7 Å². The van der Waals surface area contributed by atoms with E-state index in [1.54, 1.807) is 13.1 Å². The van der Waals surface area contributed by atoms with Gasteiger partial charge in [-0.2, -0.15) is 0 Å². The first-order chi connectivity index (χ1) is 26.2. The lowest BCUT2D eigenvalue weighted by Gasteiger charge is -2.20. The van der Waals surface area contributed by atoms with Gasteiger partial charge in [0, 0.05) is 48.7 Å². The van der Waals surface area contributed by atoms with Crippen LogP contribution in [-0.2, 0) is 20.8 Å². The molecule has 4 aromatic rings. The molecule has 0 spiro atoms. The number of rotatable bonds is 21. The van der Waals surface area contributed by atoms with Crippen molar-refractivity contribution in [3.05, 3.63) is 71.5 Å². The summed E-state index contributed by atoms with van der Waals surface area (Å²) >= 11 is 0. The van der Waals surface area contributed by atoms with Crippen LogP contribution in [0.15, 0.2) is 43.1 Å². The molecule has 4 amide bonds. The number of carbonyl (C=O) groups is 7. The van der Waals surface area contributed by atoms with Crippen LogP contribution in [-0.4, -0.2) is 120 Å². The number of aromatic nitrogens is 5. The fourth-order valence-electron chi connectivity index (χ4n) is 5.80. The van der Waals surface area contributed by atoms with Crippen molar-refractivity contribution in [1.29, 1.82) is 0 Å². The number of ketones is 1. The number of hydrogen-bond donors (Lipinski definition) is 11. The number of hydrogen-bond acceptors (Lipinski definition) is 11. The highest BCUT2D eigenvalue weighted by Crippen LogP contribution is 2.20. The predicted molar refractivity (Wildman–Crippen MR) is 196 cm³/mol. The number of nitrogens with one attached hydrogen (secondary N) is 8. The molecule has 4 rings (SSSR count). The van der Waals surface area contributed by atoms with Gasteiger partial charge in [0.15, 0.2) is 17.2 Å². The molecule has 0 saturated heterocycles. The Balaban J connectivity index is 1.41. The monoisotopic (exact) mass is 763 g/mol. The van der Waals surface area contributed by atoms with E-state index >= 15 is 0 Å². The molecule has 0 fully saturated rings. The second-order valence-electron chi connectivity index (χ2n) is 13.3. The number of Topliss-reactive ketones (excluding diaryl/α,β-unsaturated/α-hetero) is 1. The number of carbonyl (C=O) groups excluding carboxylic acids is 5.